The molecule has 1 aliphatic heterocycles. The Labute approximate surface area is 132 Å². The highest BCUT2D eigenvalue weighted by Gasteiger charge is 2.19. The van der Waals surface area contributed by atoms with Crippen molar-refractivity contribution in [2.24, 2.45) is 5.92 Å². The zero-order valence-electron chi connectivity index (χ0n) is 13.2. The van der Waals surface area contributed by atoms with Crippen LogP contribution in [0.4, 0.5) is 5.82 Å². The third kappa shape index (κ3) is 4.93. The Morgan fingerprint density at radius 2 is 2.14 bits per heavy atom. The van der Waals surface area contributed by atoms with Crippen molar-refractivity contribution in [2.45, 2.75) is 30.8 Å². The molecule has 0 saturated carbocycles. The van der Waals surface area contributed by atoms with Gasteiger partial charge in [-0.25, -0.2) is 13.4 Å². The van der Waals surface area contributed by atoms with E-state index in [1.165, 1.54) is 25.1 Å². The Kier molecular flexibility index (Phi) is 5.77. The van der Waals surface area contributed by atoms with Crippen LogP contribution in [0, 0.1) is 5.92 Å². The van der Waals surface area contributed by atoms with Crippen LogP contribution < -0.4 is 5.32 Å². The number of rotatable bonds is 6. The molecule has 22 heavy (non-hydrogen) atoms. The summed E-state index contributed by atoms with van der Waals surface area (Å²) in [7, 11) is -3.33. The number of aliphatic hydroxyl groups excluding tert-OH is 1. The van der Waals surface area contributed by atoms with Crippen LogP contribution in [-0.2, 0) is 9.84 Å². The molecule has 1 atom stereocenters. The van der Waals surface area contributed by atoms with Gasteiger partial charge in [-0.1, -0.05) is 6.92 Å². The lowest BCUT2D eigenvalue weighted by Crippen LogP contribution is -2.40. The fourth-order valence-electron chi connectivity index (χ4n) is 2.64. The first-order valence-electron chi connectivity index (χ1n) is 7.65. The van der Waals surface area contributed by atoms with Crippen molar-refractivity contribution in [3.8, 4) is 0 Å². The van der Waals surface area contributed by atoms with E-state index in [1.54, 1.807) is 6.07 Å². The molecule has 2 rings (SSSR count). The maximum Gasteiger partial charge on any atom is 0.179 e. The smallest absolute Gasteiger partial charge is 0.179 e. The van der Waals surface area contributed by atoms with Crippen LogP contribution in [0.1, 0.15) is 19.8 Å². The van der Waals surface area contributed by atoms with E-state index in [-0.39, 0.29) is 11.4 Å². The Bertz CT molecular complexity index is 583. The van der Waals surface area contributed by atoms with Crippen molar-refractivity contribution in [3.63, 3.8) is 0 Å². The van der Waals surface area contributed by atoms with Crippen LogP contribution in [0.2, 0.25) is 0 Å². The molecule has 1 aromatic heterocycles. The lowest BCUT2D eigenvalue weighted by molar-refractivity contribution is 0.0989. The van der Waals surface area contributed by atoms with Gasteiger partial charge in [-0.3, -0.25) is 0 Å². The first-order valence-corrected chi connectivity index (χ1v) is 9.55. The number of nitrogens with one attached hydrogen (secondary N) is 1. The first-order chi connectivity index (χ1) is 10.4. The third-order valence-corrected chi connectivity index (χ3v) is 5.15. The van der Waals surface area contributed by atoms with Crippen molar-refractivity contribution in [2.75, 3.05) is 37.8 Å². The van der Waals surface area contributed by atoms with Crippen molar-refractivity contribution >= 4 is 15.7 Å². The van der Waals surface area contributed by atoms with Crippen molar-refractivity contribution in [1.29, 1.82) is 0 Å². The van der Waals surface area contributed by atoms with Gasteiger partial charge in [-0.15, -0.1) is 0 Å². The number of likely N-dealkylation sites (tertiary alicyclic amines) is 1. The molecule has 0 bridgehead atoms. The second kappa shape index (κ2) is 7.39. The Hall–Kier alpha value is -1.18. The van der Waals surface area contributed by atoms with Gasteiger partial charge in [0.2, 0.25) is 0 Å². The summed E-state index contributed by atoms with van der Waals surface area (Å²) in [6, 6.07) is 3.11. The number of β-amino-alcohol motifs (C(OH)–C–C–N with tert-alkyl or cyclic N) is 1. The fourth-order valence-corrected chi connectivity index (χ4v) is 3.45. The highest BCUT2D eigenvalue weighted by molar-refractivity contribution is 7.90. The standard InChI is InChI=1S/C15H25N3O3S/c1-12-5-8-18(9-6-12)11-13(19)10-17-15-14(22(2,20)21)4-3-7-16-15/h3-4,7,12-13,19H,5-6,8-11H2,1-2H3,(H,16,17). The molecular formula is C15H25N3O3S. The number of aromatic nitrogens is 1. The molecule has 1 unspecified atom stereocenters. The average Bonchev–Trinajstić information content (AvgIpc) is 2.47. The number of pyridine rings is 1. The van der Waals surface area contributed by atoms with E-state index in [0.29, 0.717) is 12.4 Å². The van der Waals surface area contributed by atoms with Gasteiger partial charge in [0.05, 0.1) is 6.10 Å². The summed E-state index contributed by atoms with van der Waals surface area (Å²) in [5, 5.41) is 13.1. The number of nitrogens with zero attached hydrogens (tertiary/aromatic N) is 2. The average molecular weight is 327 g/mol. The predicted molar refractivity (Wildman–Crippen MR) is 86.7 cm³/mol. The molecule has 1 fully saturated rings. The third-order valence-electron chi connectivity index (χ3n) is 4.02. The minimum absolute atomic E-state index is 0.161. The molecule has 0 amide bonds. The van der Waals surface area contributed by atoms with E-state index in [4.69, 9.17) is 0 Å². The quantitative estimate of drug-likeness (QED) is 0.811. The van der Waals surface area contributed by atoms with Crippen molar-refractivity contribution in [1.82, 2.24) is 9.88 Å². The zero-order valence-corrected chi connectivity index (χ0v) is 14.0. The molecule has 2 N–H and O–H groups in total. The van der Waals surface area contributed by atoms with E-state index >= 15 is 0 Å². The largest absolute Gasteiger partial charge is 0.390 e. The SMILES string of the molecule is CC1CCN(CC(O)CNc2ncccc2S(C)(=O)=O)CC1. The van der Waals surface area contributed by atoms with Gasteiger partial charge in [-0.2, -0.15) is 0 Å². The molecule has 1 aliphatic rings. The van der Waals surface area contributed by atoms with Crippen LogP contribution in [0.5, 0.6) is 0 Å². The number of anilines is 1. The van der Waals surface area contributed by atoms with Gasteiger partial charge in [0.15, 0.2) is 9.84 Å². The molecule has 0 spiro atoms. The first kappa shape index (κ1) is 17.2. The number of sulfone groups is 1. The molecular weight excluding hydrogens is 302 g/mol. The molecule has 0 aromatic carbocycles. The van der Waals surface area contributed by atoms with Gasteiger partial charge in [-0.05, 0) is 44.0 Å². The molecule has 2 heterocycles. The zero-order chi connectivity index (χ0) is 16.2. The van der Waals surface area contributed by atoms with Gasteiger partial charge in [0, 0.05) is 25.5 Å². The summed E-state index contributed by atoms with van der Waals surface area (Å²) in [6.07, 6.45) is 4.47. The maximum absolute atomic E-state index is 11.7. The molecule has 1 saturated heterocycles. The van der Waals surface area contributed by atoms with Gasteiger partial charge in [0.1, 0.15) is 10.7 Å². The summed E-state index contributed by atoms with van der Waals surface area (Å²) in [5.41, 5.74) is 0. The van der Waals surface area contributed by atoms with E-state index in [9.17, 15) is 13.5 Å². The highest BCUT2D eigenvalue weighted by atomic mass is 32.2. The maximum atomic E-state index is 11.7. The second-order valence-electron chi connectivity index (χ2n) is 6.14. The van der Waals surface area contributed by atoms with Crippen LogP contribution in [0.15, 0.2) is 23.2 Å². The molecule has 1 aromatic rings. The number of piperidine rings is 1. The number of aliphatic hydroxyl groups is 1. The van der Waals surface area contributed by atoms with E-state index in [1.807, 2.05) is 0 Å². The van der Waals surface area contributed by atoms with Crippen LogP contribution in [0.3, 0.4) is 0 Å². The number of hydrogen-bond acceptors (Lipinski definition) is 6. The molecule has 7 heteroatoms. The van der Waals surface area contributed by atoms with E-state index in [2.05, 4.69) is 22.1 Å². The highest BCUT2D eigenvalue weighted by Crippen LogP contribution is 2.18. The monoisotopic (exact) mass is 327 g/mol. The Morgan fingerprint density at radius 1 is 1.45 bits per heavy atom. The minimum atomic E-state index is -3.33. The van der Waals surface area contributed by atoms with E-state index < -0.39 is 15.9 Å². The molecule has 124 valence electrons. The van der Waals surface area contributed by atoms with Crippen molar-refractivity contribution in [3.05, 3.63) is 18.3 Å². The summed E-state index contributed by atoms with van der Waals surface area (Å²) in [6.45, 7) is 5.16. The second-order valence-corrected chi connectivity index (χ2v) is 8.12. The van der Waals surface area contributed by atoms with Gasteiger partial charge >= 0.3 is 0 Å². The van der Waals surface area contributed by atoms with Crippen LogP contribution >= 0.6 is 0 Å². The summed E-state index contributed by atoms with van der Waals surface area (Å²) >= 11 is 0. The molecule has 0 radical (unpaired) electrons. The van der Waals surface area contributed by atoms with Gasteiger partial charge in [0.25, 0.3) is 0 Å². The lowest BCUT2D eigenvalue weighted by atomic mass is 9.99. The predicted octanol–water partition coefficient (Wildman–Crippen LogP) is 0.990. The normalized spacial score (nSPS) is 19.0. The Morgan fingerprint density at radius 3 is 2.77 bits per heavy atom. The van der Waals surface area contributed by atoms with Crippen molar-refractivity contribution < 1.29 is 13.5 Å². The minimum Gasteiger partial charge on any atom is -0.390 e. The van der Waals surface area contributed by atoms with Gasteiger partial charge < -0.3 is 15.3 Å². The van der Waals surface area contributed by atoms with E-state index in [0.717, 1.165) is 25.3 Å². The Balaban J connectivity index is 1.88. The van der Waals surface area contributed by atoms with Crippen LogP contribution in [0.25, 0.3) is 0 Å². The summed E-state index contributed by atoms with van der Waals surface area (Å²) < 4.78 is 23.4. The summed E-state index contributed by atoms with van der Waals surface area (Å²) in [4.78, 5) is 6.47. The van der Waals surface area contributed by atoms with Crippen LogP contribution in [-0.4, -0.2) is 61.9 Å². The summed E-state index contributed by atoms with van der Waals surface area (Å²) in [5.74, 6) is 1.06. The number of hydrogen-bond donors (Lipinski definition) is 2. The molecule has 0 aliphatic carbocycles. The topological polar surface area (TPSA) is 82.5 Å². The lowest BCUT2D eigenvalue weighted by Gasteiger charge is -2.31. The fraction of sp³-hybridized carbons (Fsp3) is 0.667. The molecule has 6 nitrogen and oxygen atoms in total.